The lowest BCUT2D eigenvalue weighted by molar-refractivity contribution is -0.122. The van der Waals surface area contributed by atoms with Crippen molar-refractivity contribution in [3.05, 3.63) is 10.4 Å². The van der Waals surface area contributed by atoms with E-state index < -0.39 is 0 Å². The molecule has 1 N–H and O–H groups in total. The number of rotatable bonds is 2. The Bertz CT molecular complexity index is 225. The summed E-state index contributed by atoms with van der Waals surface area (Å²) >= 11 is 0. The molecule has 0 bridgehead atoms. The third kappa shape index (κ3) is 1.74. The molecule has 74 valence electrons. The standard InChI is InChI=1S/C7H12N4O.ClH/c8-11-10-2-6-1-9-3-7(6)4-12-5-7;/h6,9H,1-5H2;1H. The lowest BCUT2D eigenvalue weighted by Gasteiger charge is -2.41. The maximum atomic E-state index is 8.19. The predicted octanol–water partition coefficient (Wildman–Crippen LogP) is 0.954. The second kappa shape index (κ2) is 4.15. The third-order valence-corrected chi connectivity index (χ3v) is 2.88. The van der Waals surface area contributed by atoms with Crippen LogP contribution < -0.4 is 5.32 Å². The minimum Gasteiger partial charge on any atom is -0.380 e. The number of halogens is 1. The summed E-state index contributed by atoms with van der Waals surface area (Å²) in [6, 6.07) is 0. The highest BCUT2D eigenvalue weighted by molar-refractivity contribution is 5.85. The molecule has 0 aliphatic carbocycles. The Morgan fingerprint density at radius 1 is 1.62 bits per heavy atom. The van der Waals surface area contributed by atoms with E-state index in [4.69, 9.17) is 10.3 Å². The van der Waals surface area contributed by atoms with Gasteiger partial charge in [-0.2, -0.15) is 0 Å². The van der Waals surface area contributed by atoms with Gasteiger partial charge >= 0.3 is 0 Å². The number of hydrogen-bond acceptors (Lipinski definition) is 3. The average molecular weight is 205 g/mol. The van der Waals surface area contributed by atoms with Gasteiger partial charge in [0.1, 0.15) is 0 Å². The van der Waals surface area contributed by atoms with Crippen LogP contribution in [-0.4, -0.2) is 32.8 Å². The second-order valence-corrected chi connectivity index (χ2v) is 3.60. The van der Waals surface area contributed by atoms with Crippen LogP contribution in [0.4, 0.5) is 0 Å². The number of ether oxygens (including phenoxy) is 1. The van der Waals surface area contributed by atoms with Crippen LogP contribution in [0, 0.1) is 11.3 Å². The first-order chi connectivity index (χ1) is 5.87. The summed E-state index contributed by atoms with van der Waals surface area (Å²) in [6.07, 6.45) is 0. The molecule has 1 atom stereocenters. The smallest absolute Gasteiger partial charge is 0.0560 e. The van der Waals surface area contributed by atoms with E-state index in [1.807, 2.05) is 0 Å². The van der Waals surface area contributed by atoms with Gasteiger partial charge in [-0.3, -0.25) is 0 Å². The summed E-state index contributed by atoms with van der Waals surface area (Å²) in [5, 5.41) is 6.93. The molecule has 0 aromatic carbocycles. The second-order valence-electron chi connectivity index (χ2n) is 3.60. The van der Waals surface area contributed by atoms with Crippen LogP contribution in [0.25, 0.3) is 10.4 Å². The van der Waals surface area contributed by atoms with Gasteiger partial charge in [-0.05, 0) is 18.0 Å². The summed E-state index contributed by atoms with van der Waals surface area (Å²) in [7, 11) is 0. The fourth-order valence-electron chi connectivity index (χ4n) is 1.95. The maximum Gasteiger partial charge on any atom is 0.0560 e. The van der Waals surface area contributed by atoms with E-state index in [2.05, 4.69) is 15.3 Å². The van der Waals surface area contributed by atoms with Crippen LogP contribution in [0.3, 0.4) is 0 Å². The van der Waals surface area contributed by atoms with Gasteiger partial charge in [-0.15, -0.1) is 12.4 Å². The number of azide groups is 1. The first-order valence-corrected chi connectivity index (χ1v) is 4.17. The van der Waals surface area contributed by atoms with E-state index in [0.717, 1.165) is 26.3 Å². The molecule has 2 rings (SSSR count). The van der Waals surface area contributed by atoms with E-state index in [0.29, 0.717) is 12.5 Å². The molecule has 6 heteroatoms. The van der Waals surface area contributed by atoms with Crippen molar-refractivity contribution in [3.8, 4) is 0 Å². The Hall–Kier alpha value is -0.480. The number of nitrogens with one attached hydrogen (secondary N) is 1. The minimum atomic E-state index is 0. The highest BCUT2D eigenvalue weighted by atomic mass is 35.5. The fourth-order valence-corrected chi connectivity index (χ4v) is 1.95. The van der Waals surface area contributed by atoms with Gasteiger partial charge in [0.2, 0.25) is 0 Å². The van der Waals surface area contributed by atoms with Gasteiger partial charge < -0.3 is 10.1 Å². The van der Waals surface area contributed by atoms with Crippen molar-refractivity contribution < 1.29 is 4.74 Å². The molecule has 2 heterocycles. The van der Waals surface area contributed by atoms with Crippen molar-refractivity contribution in [1.29, 1.82) is 0 Å². The van der Waals surface area contributed by atoms with Gasteiger partial charge in [0, 0.05) is 23.4 Å². The lowest BCUT2D eigenvalue weighted by Crippen LogP contribution is -2.49. The molecular formula is C7H13ClN4O. The largest absolute Gasteiger partial charge is 0.380 e. The molecular weight excluding hydrogens is 192 g/mol. The molecule has 0 saturated carbocycles. The Morgan fingerprint density at radius 3 is 2.92 bits per heavy atom. The zero-order valence-corrected chi connectivity index (χ0v) is 8.09. The quantitative estimate of drug-likeness (QED) is 0.413. The van der Waals surface area contributed by atoms with Crippen molar-refractivity contribution in [3.63, 3.8) is 0 Å². The molecule has 1 spiro atoms. The monoisotopic (exact) mass is 204 g/mol. The molecule has 13 heavy (non-hydrogen) atoms. The van der Waals surface area contributed by atoms with E-state index in [9.17, 15) is 0 Å². The SMILES string of the molecule is Cl.[N-]=[N+]=NCC1CNCC12COC2. The third-order valence-electron chi connectivity index (χ3n) is 2.88. The van der Waals surface area contributed by atoms with Crippen LogP contribution in [0.5, 0.6) is 0 Å². The summed E-state index contributed by atoms with van der Waals surface area (Å²) in [6.45, 7) is 4.23. The lowest BCUT2D eigenvalue weighted by atomic mass is 9.76. The highest BCUT2D eigenvalue weighted by Gasteiger charge is 2.48. The molecule has 2 aliphatic rings. The van der Waals surface area contributed by atoms with E-state index in [-0.39, 0.29) is 17.8 Å². The predicted molar refractivity (Wildman–Crippen MR) is 50.9 cm³/mol. The summed E-state index contributed by atoms with van der Waals surface area (Å²) < 4.78 is 5.20. The van der Waals surface area contributed by atoms with Crippen LogP contribution in [-0.2, 0) is 4.74 Å². The minimum absolute atomic E-state index is 0. The molecule has 5 nitrogen and oxygen atoms in total. The van der Waals surface area contributed by atoms with Gasteiger partial charge in [0.15, 0.2) is 0 Å². The van der Waals surface area contributed by atoms with Crippen molar-refractivity contribution in [2.24, 2.45) is 16.4 Å². The highest BCUT2D eigenvalue weighted by Crippen LogP contribution is 2.38. The van der Waals surface area contributed by atoms with Gasteiger partial charge in [0.25, 0.3) is 0 Å². The molecule has 2 fully saturated rings. The number of hydrogen-bond donors (Lipinski definition) is 1. The van der Waals surface area contributed by atoms with Crippen LogP contribution in [0.1, 0.15) is 0 Å². The fraction of sp³-hybridized carbons (Fsp3) is 1.00. The van der Waals surface area contributed by atoms with Gasteiger partial charge in [-0.1, -0.05) is 5.11 Å². The topological polar surface area (TPSA) is 70.0 Å². The number of nitrogens with zero attached hydrogens (tertiary/aromatic N) is 3. The van der Waals surface area contributed by atoms with E-state index in [1.165, 1.54) is 0 Å². The summed E-state index contributed by atoms with van der Waals surface area (Å²) in [5.74, 6) is 0.474. The van der Waals surface area contributed by atoms with Gasteiger partial charge in [-0.25, -0.2) is 0 Å². The normalized spacial score (nSPS) is 28.8. The summed E-state index contributed by atoms with van der Waals surface area (Å²) in [4.78, 5) is 2.78. The van der Waals surface area contributed by atoms with Crippen molar-refractivity contribution in [2.75, 3.05) is 32.8 Å². The average Bonchev–Trinajstić information content (AvgIpc) is 2.42. The molecule has 2 aliphatic heterocycles. The summed E-state index contributed by atoms with van der Waals surface area (Å²) in [5.41, 5.74) is 8.48. The molecule has 2 saturated heterocycles. The Morgan fingerprint density at radius 2 is 2.38 bits per heavy atom. The van der Waals surface area contributed by atoms with Crippen LogP contribution >= 0.6 is 12.4 Å². The van der Waals surface area contributed by atoms with Crippen molar-refractivity contribution >= 4 is 12.4 Å². The van der Waals surface area contributed by atoms with E-state index >= 15 is 0 Å². The maximum absolute atomic E-state index is 8.19. The van der Waals surface area contributed by atoms with Crippen molar-refractivity contribution in [1.82, 2.24) is 5.32 Å². The molecule has 0 aromatic rings. The molecule has 0 aromatic heterocycles. The first-order valence-electron chi connectivity index (χ1n) is 4.17. The van der Waals surface area contributed by atoms with E-state index in [1.54, 1.807) is 0 Å². The Kier molecular flexibility index (Phi) is 3.39. The first kappa shape index (κ1) is 10.6. The zero-order chi connectivity index (χ0) is 8.44. The molecule has 1 unspecified atom stereocenters. The Labute approximate surface area is 82.9 Å². The molecule has 0 amide bonds. The van der Waals surface area contributed by atoms with Crippen molar-refractivity contribution in [2.45, 2.75) is 0 Å². The van der Waals surface area contributed by atoms with Crippen LogP contribution in [0.2, 0.25) is 0 Å². The van der Waals surface area contributed by atoms with Gasteiger partial charge in [0.05, 0.1) is 13.2 Å². The Balaban J connectivity index is 0.000000845. The molecule has 0 radical (unpaired) electrons. The van der Waals surface area contributed by atoms with Crippen LogP contribution in [0.15, 0.2) is 5.11 Å². The zero-order valence-electron chi connectivity index (χ0n) is 7.27.